The second-order valence-electron chi connectivity index (χ2n) is 4.01. The number of likely N-dealkylation sites (N-methyl/N-ethyl adjacent to an activating group) is 1. The van der Waals surface area contributed by atoms with Gasteiger partial charge in [-0.25, -0.2) is 0 Å². The number of pyridine rings is 1. The molecule has 0 aliphatic heterocycles. The Hall–Kier alpha value is -1.45. The van der Waals surface area contributed by atoms with Gasteiger partial charge in [-0.05, 0) is 37.1 Å². The van der Waals surface area contributed by atoms with Crippen LogP contribution in [0, 0.1) is 6.92 Å². The number of aromatic nitrogens is 1. The molecule has 3 heteroatoms. The third-order valence-corrected chi connectivity index (χ3v) is 2.66. The van der Waals surface area contributed by atoms with Gasteiger partial charge in [0.15, 0.2) is 0 Å². The van der Waals surface area contributed by atoms with E-state index >= 15 is 0 Å². The molecule has 0 saturated heterocycles. The van der Waals surface area contributed by atoms with Crippen LogP contribution in [-0.2, 0) is 0 Å². The van der Waals surface area contributed by atoms with Crippen LogP contribution < -0.4 is 5.32 Å². The Bertz CT molecular complexity index is 496. The van der Waals surface area contributed by atoms with Gasteiger partial charge in [-0.15, -0.1) is 0 Å². The minimum Gasteiger partial charge on any atom is -0.387 e. The Morgan fingerprint density at radius 1 is 1.31 bits per heavy atom. The molecule has 2 rings (SSSR count). The molecule has 0 spiro atoms. The zero-order valence-corrected chi connectivity index (χ0v) is 9.57. The van der Waals surface area contributed by atoms with Gasteiger partial charge in [0.2, 0.25) is 0 Å². The standard InChI is InChI=1S/C13H16N2O/c1-9-5-10-3-4-11(13(16)8-14-2)6-12(10)7-15-9/h3-7,13-14,16H,8H2,1-2H3. The highest BCUT2D eigenvalue weighted by atomic mass is 16.3. The third kappa shape index (κ3) is 2.21. The molecule has 2 aromatic rings. The fourth-order valence-corrected chi connectivity index (χ4v) is 1.79. The SMILES string of the molecule is CNCC(O)c1ccc2cc(C)ncc2c1. The largest absolute Gasteiger partial charge is 0.387 e. The average molecular weight is 216 g/mol. The molecule has 84 valence electrons. The number of hydrogen-bond donors (Lipinski definition) is 2. The molecule has 1 atom stereocenters. The summed E-state index contributed by atoms with van der Waals surface area (Å²) >= 11 is 0. The van der Waals surface area contributed by atoms with Crippen LogP contribution in [0.5, 0.6) is 0 Å². The Kier molecular flexibility index (Phi) is 3.17. The van der Waals surface area contributed by atoms with E-state index in [2.05, 4.69) is 10.3 Å². The van der Waals surface area contributed by atoms with Crippen molar-refractivity contribution in [1.29, 1.82) is 0 Å². The first-order chi connectivity index (χ1) is 7.70. The van der Waals surface area contributed by atoms with Gasteiger partial charge in [0.1, 0.15) is 0 Å². The van der Waals surface area contributed by atoms with E-state index in [1.807, 2.05) is 44.4 Å². The minimum atomic E-state index is -0.462. The number of nitrogens with zero attached hydrogens (tertiary/aromatic N) is 1. The van der Waals surface area contributed by atoms with Crippen molar-refractivity contribution < 1.29 is 5.11 Å². The van der Waals surface area contributed by atoms with Gasteiger partial charge in [0, 0.05) is 23.8 Å². The summed E-state index contributed by atoms with van der Waals surface area (Å²) in [6.07, 6.45) is 1.39. The molecule has 2 N–H and O–H groups in total. The molecule has 0 fully saturated rings. The van der Waals surface area contributed by atoms with Crippen molar-refractivity contribution in [1.82, 2.24) is 10.3 Å². The van der Waals surface area contributed by atoms with Crippen molar-refractivity contribution in [2.24, 2.45) is 0 Å². The van der Waals surface area contributed by atoms with Crippen LogP contribution in [0.15, 0.2) is 30.5 Å². The maximum absolute atomic E-state index is 9.85. The zero-order chi connectivity index (χ0) is 11.5. The van der Waals surface area contributed by atoms with Crippen LogP contribution in [0.3, 0.4) is 0 Å². The predicted octanol–water partition coefficient (Wildman–Crippen LogP) is 1.80. The third-order valence-electron chi connectivity index (χ3n) is 2.66. The maximum Gasteiger partial charge on any atom is 0.0914 e. The molecule has 1 heterocycles. The van der Waals surface area contributed by atoms with Crippen molar-refractivity contribution in [2.75, 3.05) is 13.6 Å². The van der Waals surface area contributed by atoms with Crippen molar-refractivity contribution >= 4 is 10.8 Å². The van der Waals surface area contributed by atoms with Crippen LogP contribution in [0.4, 0.5) is 0 Å². The molecular formula is C13H16N2O. The first-order valence-electron chi connectivity index (χ1n) is 5.39. The summed E-state index contributed by atoms with van der Waals surface area (Å²) in [5.74, 6) is 0. The lowest BCUT2D eigenvalue weighted by molar-refractivity contribution is 0.178. The van der Waals surface area contributed by atoms with E-state index in [0.29, 0.717) is 6.54 Å². The number of aliphatic hydroxyl groups excluding tert-OH is 1. The van der Waals surface area contributed by atoms with Crippen molar-refractivity contribution in [3.8, 4) is 0 Å². The normalized spacial score (nSPS) is 12.9. The molecule has 0 aliphatic carbocycles. The lowest BCUT2D eigenvalue weighted by atomic mass is 10.0. The average Bonchev–Trinajstić information content (AvgIpc) is 2.28. The Labute approximate surface area is 95.1 Å². The van der Waals surface area contributed by atoms with Crippen LogP contribution in [-0.4, -0.2) is 23.7 Å². The number of aliphatic hydroxyl groups is 1. The number of nitrogens with one attached hydrogen (secondary N) is 1. The highest BCUT2D eigenvalue weighted by Gasteiger charge is 2.06. The van der Waals surface area contributed by atoms with Gasteiger partial charge >= 0.3 is 0 Å². The highest BCUT2D eigenvalue weighted by Crippen LogP contribution is 2.20. The fraction of sp³-hybridized carbons (Fsp3) is 0.308. The maximum atomic E-state index is 9.85. The molecule has 3 nitrogen and oxygen atoms in total. The summed E-state index contributed by atoms with van der Waals surface area (Å²) in [5.41, 5.74) is 1.93. The number of benzene rings is 1. The van der Waals surface area contributed by atoms with Gasteiger partial charge in [-0.1, -0.05) is 12.1 Å². The van der Waals surface area contributed by atoms with E-state index in [1.54, 1.807) is 0 Å². The monoisotopic (exact) mass is 216 g/mol. The number of rotatable bonds is 3. The Morgan fingerprint density at radius 2 is 2.12 bits per heavy atom. The van der Waals surface area contributed by atoms with E-state index in [-0.39, 0.29) is 0 Å². The van der Waals surface area contributed by atoms with Gasteiger partial charge in [0.05, 0.1) is 6.10 Å². The molecule has 0 bridgehead atoms. The van der Waals surface area contributed by atoms with Crippen LogP contribution in [0.1, 0.15) is 17.4 Å². The number of fused-ring (bicyclic) bond motifs is 1. The second-order valence-corrected chi connectivity index (χ2v) is 4.01. The molecule has 1 unspecified atom stereocenters. The smallest absolute Gasteiger partial charge is 0.0914 e. The molecule has 16 heavy (non-hydrogen) atoms. The van der Waals surface area contributed by atoms with Crippen molar-refractivity contribution in [2.45, 2.75) is 13.0 Å². The van der Waals surface area contributed by atoms with Crippen LogP contribution in [0.25, 0.3) is 10.8 Å². The van der Waals surface area contributed by atoms with E-state index in [1.165, 1.54) is 0 Å². The summed E-state index contributed by atoms with van der Waals surface area (Å²) < 4.78 is 0. The summed E-state index contributed by atoms with van der Waals surface area (Å²) in [4.78, 5) is 4.26. The Morgan fingerprint density at radius 3 is 2.88 bits per heavy atom. The van der Waals surface area contributed by atoms with Gasteiger partial charge in [-0.2, -0.15) is 0 Å². The predicted molar refractivity (Wildman–Crippen MR) is 65.4 cm³/mol. The number of aryl methyl sites for hydroxylation is 1. The lowest BCUT2D eigenvalue weighted by Crippen LogP contribution is -2.16. The quantitative estimate of drug-likeness (QED) is 0.822. The van der Waals surface area contributed by atoms with E-state index in [0.717, 1.165) is 22.0 Å². The van der Waals surface area contributed by atoms with Crippen molar-refractivity contribution in [3.05, 3.63) is 41.7 Å². The van der Waals surface area contributed by atoms with Crippen LogP contribution in [0.2, 0.25) is 0 Å². The Balaban J connectivity index is 2.40. The number of hydrogen-bond acceptors (Lipinski definition) is 3. The minimum absolute atomic E-state index is 0.462. The highest BCUT2D eigenvalue weighted by molar-refractivity contribution is 5.82. The van der Waals surface area contributed by atoms with Crippen molar-refractivity contribution in [3.63, 3.8) is 0 Å². The zero-order valence-electron chi connectivity index (χ0n) is 9.57. The first kappa shape index (κ1) is 11.0. The molecule has 1 aromatic heterocycles. The lowest BCUT2D eigenvalue weighted by Gasteiger charge is -2.11. The molecular weight excluding hydrogens is 200 g/mol. The second kappa shape index (κ2) is 4.60. The van der Waals surface area contributed by atoms with Gasteiger partial charge in [0.25, 0.3) is 0 Å². The summed E-state index contributed by atoms with van der Waals surface area (Å²) in [6, 6.07) is 8.02. The fourth-order valence-electron chi connectivity index (χ4n) is 1.79. The summed E-state index contributed by atoms with van der Waals surface area (Å²) in [6.45, 7) is 2.54. The molecule has 0 saturated carbocycles. The first-order valence-corrected chi connectivity index (χ1v) is 5.39. The van der Waals surface area contributed by atoms with Crippen LogP contribution >= 0.6 is 0 Å². The summed E-state index contributed by atoms with van der Waals surface area (Å²) in [7, 11) is 1.83. The molecule has 0 radical (unpaired) electrons. The summed E-state index contributed by atoms with van der Waals surface area (Å²) in [5, 5.41) is 15.0. The molecule has 0 amide bonds. The van der Waals surface area contributed by atoms with E-state index in [9.17, 15) is 5.11 Å². The van der Waals surface area contributed by atoms with E-state index in [4.69, 9.17) is 0 Å². The van der Waals surface area contributed by atoms with Gasteiger partial charge in [-0.3, -0.25) is 4.98 Å². The molecule has 0 aliphatic rings. The molecule has 1 aromatic carbocycles. The van der Waals surface area contributed by atoms with E-state index < -0.39 is 6.10 Å². The topological polar surface area (TPSA) is 45.1 Å². The van der Waals surface area contributed by atoms with Gasteiger partial charge < -0.3 is 10.4 Å².